The number of hydrogen-bond acceptors (Lipinski definition) is 4. The molecule has 216 valence electrons. The molecule has 2 bridgehead atoms. The maximum atomic E-state index is 14.3. The minimum atomic E-state index is -1.19. The fourth-order valence-corrected chi connectivity index (χ4v) is 7.46. The van der Waals surface area contributed by atoms with Crippen LogP contribution < -0.4 is 10.6 Å². The van der Waals surface area contributed by atoms with Gasteiger partial charge in [0.05, 0.1) is 28.0 Å². The Labute approximate surface area is 250 Å². The highest BCUT2D eigenvalue weighted by Gasteiger charge is 2.73. The van der Waals surface area contributed by atoms with Crippen LogP contribution in [0, 0.1) is 11.8 Å². The van der Waals surface area contributed by atoms with Gasteiger partial charge in [-0.3, -0.25) is 14.4 Å². The van der Waals surface area contributed by atoms with Crippen LogP contribution in [-0.4, -0.2) is 52.5 Å². The number of nitrogens with one attached hydrogen (secondary N) is 2. The summed E-state index contributed by atoms with van der Waals surface area (Å²) >= 11 is 12.2. The lowest BCUT2D eigenvalue weighted by atomic mass is 9.74. The number of hydrogen-bond donors (Lipinski definition) is 2. The van der Waals surface area contributed by atoms with Crippen LogP contribution in [0.15, 0.2) is 60.7 Å². The number of aryl methyl sites for hydroxylation is 1. The number of benzene rings is 2. The second kappa shape index (κ2) is 11.4. The lowest BCUT2D eigenvalue weighted by Gasteiger charge is -2.36. The SMILES string of the molecule is C[C@H](CCc1ccccc1)N1C(=O)[C@@H]2[C@@H](C(=O)Nc3ccc(Cl)c(Cl)c3)[C@@H]3C=C[C@@]2(O3)[C@@H]1C(=O)NC1CCCCC1. The van der Waals surface area contributed by atoms with Crippen LogP contribution in [-0.2, 0) is 25.5 Å². The Kier molecular flexibility index (Phi) is 7.88. The van der Waals surface area contributed by atoms with Crippen molar-refractivity contribution in [3.63, 3.8) is 0 Å². The zero-order valence-corrected chi connectivity index (χ0v) is 24.5. The van der Waals surface area contributed by atoms with E-state index in [1.54, 1.807) is 23.1 Å². The standard InChI is InChI=1S/C32H35Cl2N3O4/c1-19(12-13-20-8-4-2-5-9-20)37-28(30(39)35-21-10-6-3-7-11-21)32-17-16-25(41-32)26(27(32)31(37)40)29(38)36-22-14-15-23(33)24(34)18-22/h2,4-5,8-9,14-19,21,25-28H,3,6-7,10-13H2,1H3,(H,35,39)(H,36,38)/t19-,25+,26+,27+,28+,32+/m1/s1. The molecule has 9 heteroatoms. The predicted molar refractivity (Wildman–Crippen MR) is 159 cm³/mol. The molecule has 7 nitrogen and oxygen atoms in total. The Bertz CT molecular complexity index is 1360. The van der Waals surface area contributed by atoms with Crippen LogP contribution in [0.4, 0.5) is 5.69 Å². The Morgan fingerprint density at radius 2 is 1.80 bits per heavy atom. The van der Waals surface area contributed by atoms with Crippen LogP contribution in [0.1, 0.15) is 51.0 Å². The first-order chi connectivity index (χ1) is 19.8. The second-order valence-electron chi connectivity index (χ2n) is 11.8. The van der Waals surface area contributed by atoms with Crippen molar-refractivity contribution in [2.24, 2.45) is 11.8 Å². The van der Waals surface area contributed by atoms with Crippen LogP contribution >= 0.6 is 23.2 Å². The Morgan fingerprint density at radius 1 is 1.05 bits per heavy atom. The number of fused-ring (bicyclic) bond motifs is 1. The van der Waals surface area contributed by atoms with E-state index in [4.69, 9.17) is 27.9 Å². The Balaban J connectivity index is 1.29. The van der Waals surface area contributed by atoms with Crippen molar-refractivity contribution in [1.82, 2.24) is 10.2 Å². The zero-order valence-electron chi connectivity index (χ0n) is 23.0. The molecule has 0 aromatic heterocycles. The molecule has 2 N–H and O–H groups in total. The molecule has 0 unspecified atom stereocenters. The van der Waals surface area contributed by atoms with Crippen molar-refractivity contribution in [2.45, 2.75) is 81.7 Å². The van der Waals surface area contributed by atoms with Crippen LogP contribution in [0.25, 0.3) is 0 Å². The number of halogens is 2. The van der Waals surface area contributed by atoms with E-state index in [9.17, 15) is 14.4 Å². The van der Waals surface area contributed by atoms with E-state index in [0.717, 1.165) is 32.1 Å². The van der Waals surface area contributed by atoms with Crippen molar-refractivity contribution >= 4 is 46.6 Å². The lowest BCUT2D eigenvalue weighted by molar-refractivity contribution is -0.143. The molecule has 3 fully saturated rings. The zero-order chi connectivity index (χ0) is 28.7. The number of rotatable bonds is 8. The Morgan fingerprint density at radius 3 is 2.54 bits per heavy atom. The van der Waals surface area contributed by atoms with Gasteiger partial charge < -0.3 is 20.3 Å². The first-order valence-electron chi connectivity index (χ1n) is 14.6. The van der Waals surface area contributed by atoms with Crippen LogP contribution in [0.5, 0.6) is 0 Å². The highest BCUT2D eigenvalue weighted by molar-refractivity contribution is 6.42. The number of likely N-dealkylation sites (tertiary alicyclic amines) is 1. The fourth-order valence-electron chi connectivity index (χ4n) is 7.17. The third kappa shape index (κ3) is 5.17. The van der Waals surface area contributed by atoms with Gasteiger partial charge in [-0.05, 0) is 56.4 Å². The van der Waals surface area contributed by atoms with Gasteiger partial charge in [0, 0.05) is 17.8 Å². The minimum absolute atomic E-state index is 0.0830. The molecule has 1 saturated carbocycles. The number of anilines is 1. The maximum Gasteiger partial charge on any atom is 0.246 e. The summed E-state index contributed by atoms with van der Waals surface area (Å²) in [6, 6.07) is 14.0. The summed E-state index contributed by atoms with van der Waals surface area (Å²) in [5.41, 5.74) is 0.458. The first-order valence-corrected chi connectivity index (χ1v) is 15.3. The average Bonchev–Trinajstić information content (AvgIpc) is 3.62. The summed E-state index contributed by atoms with van der Waals surface area (Å²) in [4.78, 5) is 43.8. The highest BCUT2D eigenvalue weighted by atomic mass is 35.5. The number of nitrogens with zero attached hydrogens (tertiary/aromatic N) is 1. The molecule has 1 spiro atoms. The van der Waals surface area contributed by atoms with Crippen molar-refractivity contribution in [3.8, 4) is 0 Å². The molecule has 1 aliphatic carbocycles. The molecule has 2 aromatic carbocycles. The third-order valence-electron chi connectivity index (χ3n) is 9.17. The molecule has 6 atom stereocenters. The largest absolute Gasteiger partial charge is 0.359 e. The van der Waals surface area contributed by atoms with Gasteiger partial charge >= 0.3 is 0 Å². The van der Waals surface area contributed by atoms with Gasteiger partial charge in [-0.25, -0.2) is 0 Å². The predicted octanol–water partition coefficient (Wildman–Crippen LogP) is 5.55. The first kappa shape index (κ1) is 28.3. The van der Waals surface area contributed by atoms with Gasteiger partial charge in [0.2, 0.25) is 17.7 Å². The minimum Gasteiger partial charge on any atom is -0.359 e. The molecule has 0 radical (unpaired) electrons. The van der Waals surface area contributed by atoms with E-state index in [-0.39, 0.29) is 29.8 Å². The molecule has 2 aromatic rings. The van der Waals surface area contributed by atoms with Gasteiger partial charge in [0.1, 0.15) is 11.6 Å². The normalized spacial score (nSPS) is 29.4. The molecular formula is C32H35Cl2N3O4. The molecule has 2 saturated heterocycles. The van der Waals surface area contributed by atoms with Gasteiger partial charge in [0.15, 0.2) is 0 Å². The van der Waals surface area contributed by atoms with E-state index >= 15 is 0 Å². The summed E-state index contributed by atoms with van der Waals surface area (Å²) in [7, 11) is 0. The smallest absolute Gasteiger partial charge is 0.246 e. The van der Waals surface area contributed by atoms with E-state index < -0.39 is 29.6 Å². The summed E-state index contributed by atoms with van der Waals surface area (Å²) < 4.78 is 6.49. The van der Waals surface area contributed by atoms with Crippen LogP contribution in [0.3, 0.4) is 0 Å². The van der Waals surface area contributed by atoms with Crippen molar-refractivity contribution in [2.75, 3.05) is 5.32 Å². The summed E-state index contributed by atoms with van der Waals surface area (Å²) in [5.74, 6) is -2.34. The number of amides is 3. The third-order valence-corrected chi connectivity index (χ3v) is 9.91. The molecular weight excluding hydrogens is 561 g/mol. The van der Waals surface area contributed by atoms with Crippen LogP contribution in [0.2, 0.25) is 10.0 Å². The van der Waals surface area contributed by atoms with Crippen molar-refractivity contribution in [3.05, 3.63) is 76.3 Å². The van der Waals surface area contributed by atoms with Crippen molar-refractivity contribution < 1.29 is 19.1 Å². The van der Waals surface area contributed by atoms with Gasteiger partial charge in [-0.2, -0.15) is 0 Å². The van der Waals surface area contributed by atoms with E-state index in [2.05, 4.69) is 22.8 Å². The summed E-state index contributed by atoms with van der Waals surface area (Å²) in [6.07, 6.45) is 9.73. The molecule has 41 heavy (non-hydrogen) atoms. The van der Waals surface area contributed by atoms with Crippen molar-refractivity contribution in [1.29, 1.82) is 0 Å². The second-order valence-corrected chi connectivity index (χ2v) is 12.6. The molecule has 3 aliphatic heterocycles. The van der Waals surface area contributed by atoms with E-state index in [0.29, 0.717) is 22.2 Å². The highest BCUT2D eigenvalue weighted by Crippen LogP contribution is 2.56. The Hall–Kier alpha value is -2.87. The molecule has 4 aliphatic rings. The fraction of sp³-hybridized carbons (Fsp3) is 0.469. The van der Waals surface area contributed by atoms with Gasteiger partial charge in [-0.1, -0.05) is 84.9 Å². The summed E-state index contributed by atoms with van der Waals surface area (Å²) in [6.45, 7) is 1.99. The number of carbonyl (C=O) groups is 3. The van der Waals surface area contributed by atoms with E-state index in [1.807, 2.05) is 37.3 Å². The average molecular weight is 597 g/mol. The van der Waals surface area contributed by atoms with Gasteiger partial charge in [0.25, 0.3) is 0 Å². The monoisotopic (exact) mass is 595 g/mol. The lowest BCUT2D eigenvalue weighted by Crippen LogP contribution is -2.58. The summed E-state index contributed by atoms with van der Waals surface area (Å²) in [5, 5.41) is 6.85. The number of ether oxygens (including phenoxy) is 1. The molecule has 6 rings (SSSR count). The molecule has 3 heterocycles. The quantitative estimate of drug-likeness (QED) is 0.391. The van der Waals surface area contributed by atoms with Gasteiger partial charge in [-0.15, -0.1) is 0 Å². The topological polar surface area (TPSA) is 87.7 Å². The maximum absolute atomic E-state index is 14.3. The number of carbonyl (C=O) groups excluding carboxylic acids is 3. The van der Waals surface area contributed by atoms with E-state index in [1.165, 1.54) is 12.0 Å². The molecule has 3 amide bonds.